The van der Waals surface area contributed by atoms with Gasteiger partial charge >= 0.3 is 0 Å². The van der Waals surface area contributed by atoms with E-state index in [1.54, 1.807) is 11.0 Å². The number of benzene rings is 1. The van der Waals surface area contributed by atoms with Crippen LogP contribution in [0.3, 0.4) is 0 Å². The average Bonchev–Trinajstić information content (AvgIpc) is 2.96. The highest BCUT2D eigenvalue weighted by molar-refractivity contribution is 6.30. The maximum absolute atomic E-state index is 13.2. The molecule has 1 aromatic carbocycles. The van der Waals surface area contributed by atoms with E-state index in [9.17, 15) is 9.18 Å². The van der Waals surface area contributed by atoms with Crippen LogP contribution >= 0.6 is 11.6 Å². The number of pyridine rings is 1. The summed E-state index contributed by atoms with van der Waals surface area (Å²) >= 11 is 6.03. The Morgan fingerprint density at radius 1 is 1.33 bits per heavy atom. The van der Waals surface area contributed by atoms with E-state index < -0.39 is 5.95 Å². The van der Waals surface area contributed by atoms with Gasteiger partial charge in [-0.15, -0.1) is 0 Å². The highest BCUT2D eigenvalue weighted by atomic mass is 35.5. The van der Waals surface area contributed by atoms with E-state index in [1.165, 1.54) is 12.3 Å². The van der Waals surface area contributed by atoms with Crippen LogP contribution in [0, 0.1) is 5.95 Å². The zero-order valence-electron chi connectivity index (χ0n) is 11.3. The van der Waals surface area contributed by atoms with Gasteiger partial charge in [-0.05, 0) is 36.6 Å². The molecule has 0 N–H and O–H groups in total. The summed E-state index contributed by atoms with van der Waals surface area (Å²) in [6, 6.07) is 10.2. The fourth-order valence-corrected chi connectivity index (χ4v) is 2.97. The van der Waals surface area contributed by atoms with Crippen LogP contribution in [0.1, 0.15) is 34.8 Å². The number of likely N-dealkylation sites (tertiary alicyclic amines) is 1. The summed E-state index contributed by atoms with van der Waals surface area (Å²) in [5, 5.41) is 0.654. The number of aromatic nitrogens is 1. The number of carbonyl (C=O) groups is 1. The van der Waals surface area contributed by atoms with Crippen LogP contribution in [0.5, 0.6) is 0 Å². The van der Waals surface area contributed by atoms with Gasteiger partial charge in [-0.1, -0.05) is 23.7 Å². The minimum Gasteiger partial charge on any atom is -0.332 e. The van der Waals surface area contributed by atoms with Crippen LogP contribution in [0.2, 0.25) is 5.02 Å². The van der Waals surface area contributed by atoms with Crippen molar-refractivity contribution in [3.05, 3.63) is 64.7 Å². The Morgan fingerprint density at radius 2 is 2.19 bits per heavy atom. The largest absolute Gasteiger partial charge is 0.332 e. The van der Waals surface area contributed by atoms with E-state index >= 15 is 0 Å². The predicted molar refractivity (Wildman–Crippen MR) is 78.7 cm³/mol. The number of halogens is 2. The van der Waals surface area contributed by atoms with Gasteiger partial charge in [0.25, 0.3) is 5.91 Å². The second-order valence-corrected chi connectivity index (χ2v) is 5.52. The van der Waals surface area contributed by atoms with Gasteiger partial charge in [-0.3, -0.25) is 4.79 Å². The summed E-state index contributed by atoms with van der Waals surface area (Å²) in [6.07, 6.45) is 3.13. The fourth-order valence-electron chi connectivity index (χ4n) is 2.77. The molecule has 1 atom stereocenters. The second kappa shape index (κ2) is 5.82. The number of nitrogens with zero attached hydrogens (tertiary/aromatic N) is 2. The van der Waals surface area contributed by atoms with Crippen molar-refractivity contribution in [2.75, 3.05) is 6.54 Å². The van der Waals surface area contributed by atoms with Crippen molar-refractivity contribution in [1.82, 2.24) is 9.88 Å². The molecule has 108 valence electrons. The molecule has 2 aromatic rings. The van der Waals surface area contributed by atoms with E-state index in [2.05, 4.69) is 4.98 Å². The first kappa shape index (κ1) is 14.0. The standard InChI is InChI=1S/C16H14ClFN2O/c17-13-4-1-3-11(9-13)14-5-2-8-20(14)16(21)12-6-7-19-15(18)10-12/h1,3-4,6-7,9-10,14H,2,5,8H2. The molecule has 0 radical (unpaired) electrons. The molecule has 1 fully saturated rings. The van der Waals surface area contributed by atoms with Crippen LogP contribution in [0.4, 0.5) is 4.39 Å². The van der Waals surface area contributed by atoms with Crippen molar-refractivity contribution in [1.29, 1.82) is 0 Å². The molecular formula is C16H14ClFN2O. The maximum atomic E-state index is 13.2. The number of amides is 1. The van der Waals surface area contributed by atoms with Crippen molar-refractivity contribution in [2.45, 2.75) is 18.9 Å². The molecule has 1 amide bonds. The Kier molecular flexibility index (Phi) is 3.88. The van der Waals surface area contributed by atoms with Crippen LogP contribution in [0.25, 0.3) is 0 Å². The summed E-state index contributed by atoms with van der Waals surface area (Å²) in [4.78, 5) is 17.8. The maximum Gasteiger partial charge on any atom is 0.254 e. The number of hydrogen-bond acceptors (Lipinski definition) is 2. The highest BCUT2D eigenvalue weighted by Gasteiger charge is 2.30. The minimum atomic E-state index is -0.639. The van der Waals surface area contributed by atoms with E-state index in [1.807, 2.05) is 24.3 Å². The lowest BCUT2D eigenvalue weighted by molar-refractivity contribution is 0.0735. The normalized spacial score (nSPS) is 18.0. The average molecular weight is 305 g/mol. The molecular weight excluding hydrogens is 291 g/mol. The Bertz CT molecular complexity index is 677. The number of rotatable bonds is 2. The molecule has 0 aliphatic carbocycles. The third-order valence-corrected chi connectivity index (χ3v) is 3.96. The molecule has 1 aliphatic rings. The summed E-state index contributed by atoms with van der Waals surface area (Å²) in [6.45, 7) is 0.667. The van der Waals surface area contributed by atoms with Gasteiger partial charge in [0.2, 0.25) is 5.95 Å². The number of carbonyl (C=O) groups excluding carboxylic acids is 1. The van der Waals surface area contributed by atoms with Gasteiger partial charge in [-0.25, -0.2) is 4.98 Å². The lowest BCUT2D eigenvalue weighted by atomic mass is 10.0. The molecule has 1 aromatic heterocycles. The summed E-state index contributed by atoms with van der Waals surface area (Å²) in [5.41, 5.74) is 1.35. The second-order valence-electron chi connectivity index (χ2n) is 5.08. The zero-order valence-corrected chi connectivity index (χ0v) is 12.1. The fraction of sp³-hybridized carbons (Fsp3) is 0.250. The predicted octanol–water partition coefficient (Wildman–Crippen LogP) is 3.85. The SMILES string of the molecule is O=C(c1ccnc(F)c1)N1CCCC1c1cccc(Cl)c1. The highest BCUT2D eigenvalue weighted by Crippen LogP contribution is 2.34. The Balaban J connectivity index is 1.89. The van der Waals surface area contributed by atoms with Gasteiger partial charge in [0.1, 0.15) is 0 Å². The van der Waals surface area contributed by atoms with E-state index in [4.69, 9.17) is 11.6 Å². The van der Waals surface area contributed by atoms with Gasteiger partial charge in [-0.2, -0.15) is 4.39 Å². The van der Waals surface area contributed by atoms with Crippen molar-refractivity contribution < 1.29 is 9.18 Å². The third kappa shape index (κ3) is 2.90. The van der Waals surface area contributed by atoms with Gasteiger partial charge in [0.05, 0.1) is 6.04 Å². The molecule has 2 heterocycles. The molecule has 3 nitrogen and oxygen atoms in total. The Labute approximate surface area is 127 Å². The van der Waals surface area contributed by atoms with Gasteiger partial charge in [0, 0.05) is 29.4 Å². The Morgan fingerprint density at radius 3 is 2.95 bits per heavy atom. The Hall–Kier alpha value is -1.94. The van der Waals surface area contributed by atoms with Crippen molar-refractivity contribution in [2.24, 2.45) is 0 Å². The number of hydrogen-bond donors (Lipinski definition) is 0. The minimum absolute atomic E-state index is 0.00701. The first-order valence-corrected chi connectivity index (χ1v) is 7.21. The van der Waals surface area contributed by atoms with Crippen molar-refractivity contribution in [3.63, 3.8) is 0 Å². The van der Waals surface area contributed by atoms with Crippen LogP contribution in [-0.4, -0.2) is 22.3 Å². The molecule has 5 heteroatoms. The quantitative estimate of drug-likeness (QED) is 0.790. The molecule has 1 aliphatic heterocycles. The van der Waals surface area contributed by atoms with E-state index in [-0.39, 0.29) is 11.9 Å². The first-order valence-electron chi connectivity index (χ1n) is 6.83. The molecule has 21 heavy (non-hydrogen) atoms. The van der Waals surface area contributed by atoms with E-state index in [0.717, 1.165) is 18.4 Å². The van der Waals surface area contributed by atoms with Crippen LogP contribution in [0.15, 0.2) is 42.6 Å². The molecule has 0 bridgehead atoms. The summed E-state index contributed by atoms with van der Waals surface area (Å²) in [5.74, 6) is -0.807. The summed E-state index contributed by atoms with van der Waals surface area (Å²) in [7, 11) is 0. The zero-order chi connectivity index (χ0) is 14.8. The van der Waals surface area contributed by atoms with Crippen molar-refractivity contribution in [3.8, 4) is 0 Å². The monoisotopic (exact) mass is 304 g/mol. The van der Waals surface area contributed by atoms with Crippen LogP contribution in [-0.2, 0) is 0 Å². The lowest BCUT2D eigenvalue weighted by Gasteiger charge is -2.25. The molecule has 1 saturated heterocycles. The molecule has 0 spiro atoms. The molecule has 3 rings (SSSR count). The molecule has 0 saturated carbocycles. The first-order chi connectivity index (χ1) is 10.1. The third-order valence-electron chi connectivity index (χ3n) is 3.72. The smallest absolute Gasteiger partial charge is 0.254 e. The lowest BCUT2D eigenvalue weighted by Crippen LogP contribution is -2.30. The van der Waals surface area contributed by atoms with Gasteiger partial charge in [0.15, 0.2) is 0 Å². The van der Waals surface area contributed by atoms with E-state index in [0.29, 0.717) is 17.1 Å². The van der Waals surface area contributed by atoms with Crippen LogP contribution < -0.4 is 0 Å². The topological polar surface area (TPSA) is 33.2 Å². The van der Waals surface area contributed by atoms with Crippen molar-refractivity contribution >= 4 is 17.5 Å². The summed E-state index contributed by atoms with van der Waals surface area (Å²) < 4.78 is 13.2. The molecule has 1 unspecified atom stereocenters. The van der Waals surface area contributed by atoms with Gasteiger partial charge < -0.3 is 4.90 Å².